The lowest BCUT2D eigenvalue weighted by atomic mass is 9.93. The van der Waals surface area contributed by atoms with Crippen molar-refractivity contribution in [2.24, 2.45) is 7.05 Å². The van der Waals surface area contributed by atoms with E-state index in [1.54, 1.807) is 30.1 Å². The molecular weight excluding hydrogens is 214 g/mol. The van der Waals surface area contributed by atoms with Crippen LogP contribution in [0.25, 0.3) is 0 Å². The number of nitrogens with zero attached hydrogens (tertiary/aromatic N) is 3. The minimum Gasteiger partial charge on any atom is -0.292 e. The number of ketones is 1. The number of rotatable bonds is 3. The fourth-order valence-corrected chi connectivity index (χ4v) is 1.65. The van der Waals surface area contributed by atoms with Crippen LogP contribution in [0.1, 0.15) is 21.8 Å². The van der Waals surface area contributed by atoms with E-state index >= 15 is 0 Å². The number of carbonyl (C=O) groups is 1. The van der Waals surface area contributed by atoms with Crippen molar-refractivity contribution in [2.75, 3.05) is 0 Å². The lowest BCUT2D eigenvalue weighted by Crippen LogP contribution is -2.10. The fourth-order valence-electron chi connectivity index (χ4n) is 1.65. The molecule has 0 aliphatic heterocycles. The van der Waals surface area contributed by atoms with Gasteiger partial charge in [-0.1, -0.05) is 30.3 Å². The van der Waals surface area contributed by atoms with Crippen LogP contribution < -0.4 is 0 Å². The van der Waals surface area contributed by atoms with Gasteiger partial charge in [0.05, 0.1) is 17.8 Å². The number of aromatic nitrogens is 2. The summed E-state index contributed by atoms with van der Waals surface area (Å²) in [6.07, 6.45) is 3.10. The molecule has 0 radical (unpaired) electrons. The van der Waals surface area contributed by atoms with Crippen LogP contribution in [0.2, 0.25) is 0 Å². The summed E-state index contributed by atoms with van der Waals surface area (Å²) in [5.41, 5.74) is 1.17. The number of benzene rings is 1. The van der Waals surface area contributed by atoms with Gasteiger partial charge in [-0.05, 0) is 5.56 Å². The van der Waals surface area contributed by atoms with Crippen molar-refractivity contribution in [3.8, 4) is 6.07 Å². The van der Waals surface area contributed by atoms with Crippen LogP contribution in [-0.4, -0.2) is 15.6 Å². The molecule has 0 N–H and O–H groups in total. The molecule has 1 aromatic heterocycles. The van der Waals surface area contributed by atoms with Gasteiger partial charge in [-0.15, -0.1) is 0 Å². The predicted octanol–water partition coefficient (Wildman–Crippen LogP) is 1.91. The SMILES string of the molecule is Cn1cc(C(=O)C(C#N)c2ccccc2)cn1. The van der Waals surface area contributed by atoms with Gasteiger partial charge in [-0.25, -0.2) is 0 Å². The third-order valence-corrected chi connectivity index (χ3v) is 2.51. The molecule has 2 aromatic rings. The molecule has 0 fully saturated rings. The molecule has 4 nitrogen and oxygen atoms in total. The Kier molecular flexibility index (Phi) is 3.01. The van der Waals surface area contributed by atoms with Crippen LogP contribution in [0.15, 0.2) is 42.7 Å². The highest BCUT2D eigenvalue weighted by Crippen LogP contribution is 2.19. The highest BCUT2D eigenvalue weighted by Gasteiger charge is 2.22. The third-order valence-electron chi connectivity index (χ3n) is 2.51. The monoisotopic (exact) mass is 225 g/mol. The Hall–Kier alpha value is -2.41. The molecular formula is C13H11N3O. The molecule has 17 heavy (non-hydrogen) atoms. The smallest absolute Gasteiger partial charge is 0.187 e. The number of hydrogen-bond acceptors (Lipinski definition) is 3. The van der Waals surface area contributed by atoms with Gasteiger partial charge < -0.3 is 0 Å². The Bertz CT molecular complexity index is 566. The predicted molar refractivity (Wildman–Crippen MR) is 62.3 cm³/mol. The van der Waals surface area contributed by atoms with E-state index in [-0.39, 0.29) is 5.78 Å². The van der Waals surface area contributed by atoms with Crippen LogP contribution in [0.5, 0.6) is 0 Å². The summed E-state index contributed by atoms with van der Waals surface area (Å²) in [6.45, 7) is 0. The topological polar surface area (TPSA) is 58.7 Å². The van der Waals surface area contributed by atoms with Crippen molar-refractivity contribution in [1.29, 1.82) is 5.26 Å². The zero-order valence-electron chi connectivity index (χ0n) is 9.37. The lowest BCUT2D eigenvalue weighted by molar-refractivity contribution is 0.0979. The van der Waals surface area contributed by atoms with Gasteiger partial charge in [0.2, 0.25) is 0 Å². The van der Waals surface area contributed by atoms with Crippen LogP contribution in [0.4, 0.5) is 0 Å². The standard InChI is InChI=1S/C13H11N3O/c1-16-9-11(8-15-16)13(17)12(7-14)10-5-3-2-4-6-10/h2-6,8-9,12H,1H3. The molecule has 1 atom stereocenters. The zero-order valence-corrected chi connectivity index (χ0v) is 9.37. The van der Waals surface area contributed by atoms with Crippen molar-refractivity contribution in [3.05, 3.63) is 53.9 Å². The number of nitriles is 1. The fraction of sp³-hybridized carbons (Fsp3) is 0.154. The van der Waals surface area contributed by atoms with Gasteiger partial charge in [0.1, 0.15) is 5.92 Å². The molecule has 0 bridgehead atoms. The minimum atomic E-state index is -0.764. The van der Waals surface area contributed by atoms with Crippen LogP contribution >= 0.6 is 0 Å². The molecule has 0 aliphatic carbocycles. The number of aryl methyl sites for hydroxylation is 1. The molecule has 1 heterocycles. The maximum atomic E-state index is 12.1. The third kappa shape index (κ3) is 2.23. The molecule has 2 rings (SSSR count). The largest absolute Gasteiger partial charge is 0.292 e. The summed E-state index contributed by atoms with van der Waals surface area (Å²) < 4.78 is 1.55. The molecule has 4 heteroatoms. The second-order valence-corrected chi connectivity index (χ2v) is 3.74. The summed E-state index contributed by atoms with van der Waals surface area (Å²) in [7, 11) is 1.74. The molecule has 84 valence electrons. The van der Waals surface area contributed by atoms with E-state index in [9.17, 15) is 4.79 Å². The van der Waals surface area contributed by atoms with Crippen LogP contribution in [0.3, 0.4) is 0 Å². The Labute approximate surface area is 99.1 Å². The molecule has 0 amide bonds. The van der Waals surface area contributed by atoms with Gasteiger partial charge in [-0.2, -0.15) is 10.4 Å². The average molecular weight is 225 g/mol. The summed E-state index contributed by atoms with van der Waals surface area (Å²) in [5.74, 6) is -0.979. The van der Waals surface area contributed by atoms with Gasteiger partial charge in [0.25, 0.3) is 0 Å². The van der Waals surface area contributed by atoms with Crippen molar-refractivity contribution >= 4 is 5.78 Å². The Morgan fingerprint density at radius 1 is 1.41 bits per heavy atom. The van der Waals surface area contributed by atoms with Crippen LogP contribution in [0, 0.1) is 11.3 Å². The van der Waals surface area contributed by atoms with E-state index in [0.29, 0.717) is 11.1 Å². The highest BCUT2D eigenvalue weighted by atomic mass is 16.1. The molecule has 0 saturated carbocycles. The van der Waals surface area contributed by atoms with E-state index in [1.165, 1.54) is 6.20 Å². The van der Waals surface area contributed by atoms with Crippen LogP contribution in [-0.2, 0) is 7.05 Å². The highest BCUT2D eigenvalue weighted by molar-refractivity contribution is 6.02. The summed E-state index contributed by atoms with van der Waals surface area (Å²) >= 11 is 0. The average Bonchev–Trinajstić information content (AvgIpc) is 2.78. The maximum absolute atomic E-state index is 12.1. The lowest BCUT2D eigenvalue weighted by Gasteiger charge is -2.06. The molecule has 0 spiro atoms. The quantitative estimate of drug-likeness (QED) is 0.750. The molecule has 1 unspecified atom stereocenters. The summed E-state index contributed by atoms with van der Waals surface area (Å²) in [6, 6.07) is 11.1. The maximum Gasteiger partial charge on any atom is 0.187 e. The van der Waals surface area contributed by atoms with E-state index in [0.717, 1.165) is 0 Å². The van der Waals surface area contributed by atoms with Gasteiger partial charge in [-0.3, -0.25) is 9.48 Å². The summed E-state index contributed by atoms with van der Waals surface area (Å²) in [4.78, 5) is 12.1. The van der Waals surface area contributed by atoms with E-state index < -0.39 is 5.92 Å². The first kappa shape index (κ1) is 11.1. The number of hydrogen-bond donors (Lipinski definition) is 0. The van der Waals surface area contributed by atoms with E-state index in [1.807, 2.05) is 24.3 Å². The number of carbonyl (C=O) groups excluding carboxylic acids is 1. The van der Waals surface area contributed by atoms with Crippen molar-refractivity contribution < 1.29 is 4.79 Å². The van der Waals surface area contributed by atoms with Gasteiger partial charge in [0, 0.05) is 13.2 Å². The van der Waals surface area contributed by atoms with E-state index in [4.69, 9.17) is 5.26 Å². The van der Waals surface area contributed by atoms with Crippen molar-refractivity contribution in [3.63, 3.8) is 0 Å². The Balaban J connectivity index is 2.32. The first-order valence-corrected chi connectivity index (χ1v) is 5.20. The van der Waals surface area contributed by atoms with Gasteiger partial charge in [0.15, 0.2) is 5.78 Å². The molecule has 0 saturated heterocycles. The Morgan fingerprint density at radius 3 is 2.65 bits per heavy atom. The minimum absolute atomic E-state index is 0.216. The zero-order chi connectivity index (χ0) is 12.3. The first-order chi connectivity index (χ1) is 8.22. The normalized spacial score (nSPS) is 11.8. The number of Topliss-reactive ketones (excluding diaryl/α,β-unsaturated/α-hetero) is 1. The second kappa shape index (κ2) is 4.62. The molecule has 0 aliphatic rings. The second-order valence-electron chi connectivity index (χ2n) is 3.74. The van der Waals surface area contributed by atoms with E-state index in [2.05, 4.69) is 5.10 Å². The Morgan fingerprint density at radius 2 is 2.12 bits per heavy atom. The first-order valence-electron chi connectivity index (χ1n) is 5.20. The van der Waals surface area contributed by atoms with Crippen molar-refractivity contribution in [1.82, 2.24) is 9.78 Å². The molecule has 1 aromatic carbocycles. The van der Waals surface area contributed by atoms with Crippen molar-refractivity contribution in [2.45, 2.75) is 5.92 Å². The summed E-state index contributed by atoms with van der Waals surface area (Å²) in [5, 5.41) is 13.1. The van der Waals surface area contributed by atoms with Gasteiger partial charge >= 0.3 is 0 Å².